The van der Waals surface area contributed by atoms with Gasteiger partial charge in [-0.1, -0.05) is 43.7 Å². The minimum Gasteiger partial charge on any atom is -0.382 e. The second-order valence-electron chi connectivity index (χ2n) is 5.45. The van der Waals surface area contributed by atoms with E-state index in [0.717, 1.165) is 13.0 Å². The molecule has 0 bridgehead atoms. The third kappa shape index (κ3) is 5.19. The van der Waals surface area contributed by atoms with E-state index < -0.39 is 0 Å². The molecule has 0 aliphatic heterocycles. The summed E-state index contributed by atoms with van der Waals surface area (Å²) in [4.78, 5) is 0. The molecule has 1 aromatic rings. The number of hydrogen-bond acceptors (Lipinski definition) is 2. The molecule has 1 rings (SSSR count). The van der Waals surface area contributed by atoms with Gasteiger partial charge in [0.25, 0.3) is 0 Å². The predicted molar refractivity (Wildman–Crippen MR) is 78.1 cm³/mol. The van der Waals surface area contributed by atoms with E-state index in [9.17, 15) is 0 Å². The van der Waals surface area contributed by atoms with Gasteiger partial charge in [0.05, 0.1) is 6.10 Å². The molecule has 1 aromatic carbocycles. The minimum atomic E-state index is 0.297. The largest absolute Gasteiger partial charge is 0.382 e. The summed E-state index contributed by atoms with van der Waals surface area (Å²) < 4.78 is 5.40. The van der Waals surface area contributed by atoms with E-state index in [4.69, 9.17) is 4.74 Å². The first-order valence-corrected chi connectivity index (χ1v) is 6.85. The standard InChI is InChI=1S/C16H27NO/c1-12(2)17-11-16(10-14(4)18-5)15-8-6-13(3)7-9-15/h6-9,12,14,16-17H,10-11H2,1-5H3. The Kier molecular flexibility index (Phi) is 6.37. The second-order valence-corrected chi connectivity index (χ2v) is 5.45. The summed E-state index contributed by atoms with van der Waals surface area (Å²) in [6.07, 6.45) is 1.35. The molecular weight excluding hydrogens is 222 g/mol. The first-order chi connectivity index (χ1) is 8.52. The molecular formula is C16H27NO. The van der Waals surface area contributed by atoms with Crippen LogP contribution in [0.5, 0.6) is 0 Å². The Morgan fingerprint density at radius 2 is 1.72 bits per heavy atom. The Hall–Kier alpha value is -0.860. The fourth-order valence-electron chi connectivity index (χ4n) is 2.05. The van der Waals surface area contributed by atoms with Gasteiger partial charge < -0.3 is 10.1 Å². The van der Waals surface area contributed by atoms with Crippen molar-refractivity contribution in [3.05, 3.63) is 35.4 Å². The molecule has 0 aliphatic rings. The van der Waals surface area contributed by atoms with Gasteiger partial charge in [-0.25, -0.2) is 0 Å². The molecule has 2 atom stereocenters. The van der Waals surface area contributed by atoms with Crippen LogP contribution < -0.4 is 5.32 Å². The normalized spacial score (nSPS) is 14.8. The molecule has 0 amide bonds. The molecule has 0 radical (unpaired) electrons. The summed E-state index contributed by atoms with van der Waals surface area (Å²) in [5.74, 6) is 0.517. The predicted octanol–water partition coefficient (Wildman–Crippen LogP) is 3.50. The molecule has 2 heteroatoms. The highest BCUT2D eigenvalue weighted by Gasteiger charge is 2.15. The maximum Gasteiger partial charge on any atom is 0.0549 e. The molecule has 2 unspecified atom stereocenters. The highest BCUT2D eigenvalue weighted by atomic mass is 16.5. The first-order valence-electron chi connectivity index (χ1n) is 6.85. The summed E-state index contributed by atoms with van der Waals surface area (Å²) >= 11 is 0. The lowest BCUT2D eigenvalue weighted by Crippen LogP contribution is -2.29. The van der Waals surface area contributed by atoms with Gasteiger partial charge in [0.15, 0.2) is 0 Å². The lowest BCUT2D eigenvalue weighted by molar-refractivity contribution is 0.104. The summed E-state index contributed by atoms with van der Waals surface area (Å²) in [6, 6.07) is 9.38. The molecule has 0 fully saturated rings. The molecule has 0 spiro atoms. The smallest absolute Gasteiger partial charge is 0.0549 e. The SMILES string of the molecule is COC(C)CC(CNC(C)C)c1ccc(C)cc1. The lowest BCUT2D eigenvalue weighted by Gasteiger charge is -2.22. The fraction of sp³-hybridized carbons (Fsp3) is 0.625. The van der Waals surface area contributed by atoms with Crippen LogP contribution in [0.4, 0.5) is 0 Å². The van der Waals surface area contributed by atoms with Gasteiger partial charge in [0.2, 0.25) is 0 Å². The average Bonchev–Trinajstić information content (AvgIpc) is 2.35. The van der Waals surface area contributed by atoms with E-state index in [2.05, 4.69) is 57.3 Å². The number of methoxy groups -OCH3 is 1. The van der Waals surface area contributed by atoms with E-state index in [0.29, 0.717) is 18.1 Å². The van der Waals surface area contributed by atoms with Gasteiger partial charge >= 0.3 is 0 Å². The van der Waals surface area contributed by atoms with Gasteiger partial charge in [-0.15, -0.1) is 0 Å². The summed E-state index contributed by atoms with van der Waals surface area (Å²) in [5.41, 5.74) is 2.71. The zero-order valence-electron chi connectivity index (χ0n) is 12.4. The van der Waals surface area contributed by atoms with Gasteiger partial charge in [0, 0.05) is 19.7 Å². The zero-order valence-corrected chi connectivity index (χ0v) is 12.4. The van der Waals surface area contributed by atoms with Crippen LogP contribution in [0.1, 0.15) is 44.2 Å². The molecule has 0 aliphatic carbocycles. The van der Waals surface area contributed by atoms with Gasteiger partial charge in [-0.3, -0.25) is 0 Å². The Bertz CT molecular complexity index is 331. The van der Waals surface area contributed by atoms with Crippen molar-refractivity contribution in [1.82, 2.24) is 5.32 Å². The van der Waals surface area contributed by atoms with Crippen LogP contribution in [-0.2, 0) is 4.74 Å². The van der Waals surface area contributed by atoms with E-state index in [1.807, 2.05) is 0 Å². The number of nitrogens with one attached hydrogen (secondary N) is 1. The van der Waals surface area contributed by atoms with E-state index in [1.54, 1.807) is 7.11 Å². The average molecular weight is 249 g/mol. The Morgan fingerprint density at radius 1 is 1.11 bits per heavy atom. The number of rotatable bonds is 7. The van der Waals surface area contributed by atoms with Crippen molar-refractivity contribution in [3.8, 4) is 0 Å². The Balaban J connectivity index is 2.72. The van der Waals surface area contributed by atoms with Crippen LogP contribution in [0.25, 0.3) is 0 Å². The van der Waals surface area contributed by atoms with Gasteiger partial charge in [-0.2, -0.15) is 0 Å². The highest BCUT2D eigenvalue weighted by Crippen LogP contribution is 2.22. The molecule has 0 saturated heterocycles. The molecule has 1 N–H and O–H groups in total. The minimum absolute atomic E-state index is 0.297. The second kappa shape index (κ2) is 7.55. The van der Waals surface area contributed by atoms with Crippen LogP contribution >= 0.6 is 0 Å². The maximum atomic E-state index is 5.40. The summed E-state index contributed by atoms with van der Waals surface area (Å²) in [6.45, 7) is 9.64. The molecule has 102 valence electrons. The monoisotopic (exact) mass is 249 g/mol. The van der Waals surface area contributed by atoms with Crippen LogP contribution in [0, 0.1) is 6.92 Å². The molecule has 18 heavy (non-hydrogen) atoms. The van der Waals surface area contributed by atoms with Crippen LogP contribution in [-0.4, -0.2) is 25.8 Å². The summed E-state index contributed by atoms with van der Waals surface area (Å²) in [5, 5.41) is 3.53. The highest BCUT2D eigenvalue weighted by molar-refractivity contribution is 5.25. The van der Waals surface area contributed by atoms with Crippen molar-refractivity contribution in [3.63, 3.8) is 0 Å². The molecule has 0 heterocycles. The number of ether oxygens (including phenoxy) is 1. The third-order valence-electron chi connectivity index (χ3n) is 3.34. The molecule has 0 saturated carbocycles. The van der Waals surface area contributed by atoms with Crippen molar-refractivity contribution < 1.29 is 4.74 Å². The lowest BCUT2D eigenvalue weighted by atomic mass is 9.92. The summed E-state index contributed by atoms with van der Waals surface area (Å²) in [7, 11) is 1.78. The van der Waals surface area contributed by atoms with Crippen LogP contribution in [0.15, 0.2) is 24.3 Å². The van der Waals surface area contributed by atoms with Crippen molar-refractivity contribution in [2.24, 2.45) is 0 Å². The van der Waals surface area contributed by atoms with Crippen molar-refractivity contribution in [1.29, 1.82) is 0 Å². The maximum absolute atomic E-state index is 5.40. The van der Waals surface area contributed by atoms with E-state index in [-0.39, 0.29) is 0 Å². The van der Waals surface area contributed by atoms with Gasteiger partial charge in [-0.05, 0) is 31.7 Å². The van der Waals surface area contributed by atoms with Gasteiger partial charge in [0.1, 0.15) is 0 Å². The topological polar surface area (TPSA) is 21.3 Å². The van der Waals surface area contributed by atoms with Crippen molar-refractivity contribution in [2.45, 2.75) is 52.2 Å². The number of benzene rings is 1. The first kappa shape index (κ1) is 15.2. The third-order valence-corrected chi connectivity index (χ3v) is 3.34. The number of hydrogen-bond donors (Lipinski definition) is 1. The van der Waals surface area contributed by atoms with Crippen molar-refractivity contribution in [2.75, 3.05) is 13.7 Å². The fourth-order valence-corrected chi connectivity index (χ4v) is 2.05. The Morgan fingerprint density at radius 3 is 2.22 bits per heavy atom. The van der Waals surface area contributed by atoms with Crippen LogP contribution in [0.2, 0.25) is 0 Å². The quantitative estimate of drug-likeness (QED) is 0.798. The Labute approximate surface area is 112 Å². The van der Waals surface area contributed by atoms with Crippen LogP contribution in [0.3, 0.4) is 0 Å². The van der Waals surface area contributed by atoms with E-state index in [1.165, 1.54) is 11.1 Å². The zero-order chi connectivity index (χ0) is 13.5. The molecule has 0 aromatic heterocycles. The number of aryl methyl sites for hydroxylation is 1. The van der Waals surface area contributed by atoms with E-state index >= 15 is 0 Å². The van der Waals surface area contributed by atoms with Crippen molar-refractivity contribution >= 4 is 0 Å². The molecule has 2 nitrogen and oxygen atoms in total.